The quantitative estimate of drug-likeness (QED) is 0.614. The van der Waals surface area contributed by atoms with Crippen LogP contribution in [0.3, 0.4) is 0 Å². The number of guanidine groups is 1. The number of piperazine rings is 1. The summed E-state index contributed by atoms with van der Waals surface area (Å²) in [6, 6.07) is 5.90. The maximum absolute atomic E-state index is 12.7. The Morgan fingerprint density at radius 2 is 2.14 bits per heavy atom. The highest BCUT2D eigenvalue weighted by molar-refractivity contribution is 5.98. The summed E-state index contributed by atoms with van der Waals surface area (Å²) < 4.78 is 13.3. The van der Waals surface area contributed by atoms with Crippen molar-refractivity contribution in [2.75, 3.05) is 44.8 Å². The first-order chi connectivity index (χ1) is 14.2. The zero-order chi connectivity index (χ0) is 20.2. The van der Waals surface area contributed by atoms with Gasteiger partial charge in [-0.2, -0.15) is 5.10 Å². The predicted octanol–water partition coefficient (Wildman–Crippen LogP) is 1.01. The Kier molecular flexibility index (Phi) is 5.55. The molecule has 1 saturated heterocycles. The SMILES string of the molecule is CN=C(NCc1cccc2c1OCCCO2)N1CCN(c2cnn(C)c2)C(=O)C1. The van der Waals surface area contributed by atoms with Gasteiger partial charge in [-0.25, -0.2) is 0 Å². The molecule has 2 aromatic rings. The van der Waals surface area contributed by atoms with E-state index in [9.17, 15) is 4.79 Å². The van der Waals surface area contributed by atoms with Crippen molar-refractivity contribution in [3.63, 3.8) is 0 Å². The van der Waals surface area contributed by atoms with Gasteiger partial charge in [-0.3, -0.25) is 14.5 Å². The van der Waals surface area contributed by atoms with Crippen LogP contribution < -0.4 is 19.7 Å². The summed E-state index contributed by atoms with van der Waals surface area (Å²) >= 11 is 0. The number of rotatable bonds is 3. The molecule has 0 spiro atoms. The molecule has 9 heteroatoms. The highest BCUT2D eigenvalue weighted by Gasteiger charge is 2.27. The molecule has 1 fully saturated rings. The maximum Gasteiger partial charge on any atom is 0.246 e. The molecule has 1 aromatic heterocycles. The minimum absolute atomic E-state index is 0.0255. The highest BCUT2D eigenvalue weighted by atomic mass is 16.5. The number of carbonyl (C=O) groups excluding carboxylic acids is 1. The average Bonchev–Trinajstić information content (AvgIpc) is 3.00. The second-order valence-corrected chi connectivity index (χ2v) is 7.03. The van der Waals surface area contributed by atoms with E-state index in [1.807, 2.05) is 36.3 Å². The molecular formula is C20H26N6O3. The van der Waals surface area contributed by atoms with Crippen LogP contribution in [0.25, 0.3) is 0 Å². The van der Waals surface area contributed by atoms with Crippen LogP contribution in [-0.4, -0.2) is 66.4 Å². The number of para-hydroxylation sites is 1. The molecule has 1 N–H and O–H groups in total. The molecule has 1 aromatic carbocycles. The smallest absolute Gasteiger partial charge is 0.246 e. The van der Waals surface area contributed by atoms with E-state index in [2.05, 4.69) is 15.4 Å². The van der Waals surface area contributed by atoms with E-state index in [-0.39, 0.29) is 12.5 Å². The minimum atomic E-state index is 0.0255. The first-order valence-corrected chi connectivity index (χ1v) is 9.78. The van der Waals surface area contributed by atoms with E-state index in [0.717, 1.165) is 29.2 Å². The Labute approximate surface area is 169 Å². The van der Waals surface area contributed by atoms with Gasteiger partial charge in [0.25, 0.3) is 0 Å². The van der Waals surface area contributed by atoms with E-state index in [1.54, 1.807) is 22.8 Å². The van der Waals surface area contributed by atoms with Crippen molar-refractivity contribution in [1.82, 2.24) is 20.0 Å². The molecule has 0 radical (unpaired) electrons. The lowest BCUT2D eigenvalue weighted by atomic mass is 10.2. The van der Waals surface area contributed by atoms with Gasteiger partial charge in [0.1, 0.15) is 6.54 Å². The zero-order valence-electron chi connectivity index (χ0n) is 16.8. The summed E-state index contributed by atoms with van der Waals surface area (Å²) in [5.74, 6) is 2.27. The van der Waals surface area contributed by atoms with Crippen molar-refractivity contribution < 1.29 is 14.3 Å². The fraction of sp³-hybridized carbons (Fsp3) is 0.450. The molecule has 0 bridgehead atoms. The Balaban J connectivity index is 1.40. The summed E-state index contributed by atoms with van der Waals surface area (Å²) in [6.07, 6.45) is 4.43. The Bertz CT molecular complexity index is 909. The van der Waals surface area contributed by atoms with E-state index in [4.69, 9.17) is 9.47 Å². The van der Waals surface area contributed by atoms with E-state index in [1.165, 1.54) is 0 Å². The number of amides is 1. The molecule has 0 saturated carbocycles. The lowest BCUT2D eigenvalue weighted by molar-refractivity contribution is -0.120. The number of anilines is 1. The van der Waals surface area contributed by atoms with Gasteiger partial charge < -0.3 is 24.6 Å². The van der Waals surface area contributed by atoms with Crippen molar-refractivity contribution >= 4 is 17.6 Å². The standard InChI is InChI=1S/C20H26N6O3/c1-21-20(22-11-15-5-3-6-17-19(15)29-10-4-9-28-17)25-7-8-26(18(27)14-25)16-12-23-24(2)13-16/h3,5-6,12-13H,4,7-11,14H2,1-2H3,(H,21,22). The van der Waals surface area contributed by atoms with Gasteiger partial charge >= 0.3 is 0 Å². The topological polar surface area (TPSA) is 84.2 Å². The first-order valence-electron chi connectivity index (χ1n) is 9.78. The van der Waals surface area contributed by atoms with Gasteiger partial charge in [-0.15, -0.1) is 0 Å². The molecule has 0 aliphatic carbocycles. The lowest BCUT2D eigenvalue weighted by Gasteiger charge is -2.35. The van der Waals surface area contributed by atoms with Crippen LogP contribution >= 0.6 is 0 Å². The van der Waals surface area contributed by atoms with E-state index in [0.29, 0.717) is 38.8 Å². The van der Waals surface area contributed by atoms with Crippen LogP contribution in [0.2, 0.25) is 0 Å². The number of fused-ring (bicyclic) bond motifs is 1. The van der Waals surface area contributed by atoms with Crippen LogP contribution in [0.1, 0.15) is 12.0 Å². The Morgan fingerprint density at radius 3 is 2.90 bits per heavy atom. The molecular weight excluding hydrogens is 372 g/mol. The molecule has 29 heavy (non-hydrogen) atoms. The number of aromatic nitrogens is 2. The van der Waals surface area contributed by atoms with Crippen molar-refractivity contribution in [3.05, 3.63) is 36.2 Å². The largest absolute Gasteiger partial charge is 0.490 e. The van der Waals surface area contributed by atoms with Gasteiger partial charge in [-0.1, -0.05) is 12.1 Å². The minimum Gasteiger partial charge on any atom is -0.490 e. The van der Waals surface area contributed by atoms with Gasteiger partial charge in [-0.05, 0) is 6.07 Å². The second kappa shape index (κ2) is 8.42. The summed E-state index contributed by atoms with van der Waals surface area (Å²) in [4.78, 5) is 20.8. The van der Waals surface area contributed by atoms with E-state index >= 15 is 0 Å². The van der Waals surface area contributed by atoms with Gasteiger partial charge in [0.2, 0.25) is 5.91 Å². The predicted molar refractivity (Wildman–Crippen MR) is 109 cm³/mol. The van der Waals surface area contributed by atoms with E-state index < -0.39 is 0 Å². The molecule has 3 heterocycles. The molecule has 1 amide bonds. The molecule has 0 unspecified atom stereocenters. The summed E-state index contributed by atoms with van der Waals surface area (Å²) in [6.45, 7) is 3.38. The monoisotopic (exact) mass is 398 g/mol. The number of nitrogens with zero attached hydrogens (tertiary/aromatic N) is 5. The molecule has 2 aliphatic heterocycles. The van der Waals surface area contributed by atoms with Crippen molar-refractivity contribution in [3.8, 4) is 11.5 Å². The van der Waals surface area contributed by atoms with Crippen molar-refractivity contribution in [1.29, 1.82) is 0 Å². The number of hydrogen-bond acceptors (Lipinski definition) is 5. The average molecular weight is 398 g/mol. The van der Waals surface area contributed by atoms with Crippen LogP contribution in [0.15, 0.2) is 35.6 Å². The number of hydrogen-bond donors (Lipinski definition) is 1. The van der Waals surface area contributed by atoms with Gasteiger partial charge in [0, 0.05) is 51.9 Å². The van der Waals surface area contributed by atoms with Crippen molar-refractivity contribution in [2.45, 2.75) is 13.0 Å². The molecule has 2 aliphatic rings. The second-order valence-electron chi connectivity index (χ2n) is 7.03. The van der Waals surface area contributed by atoms with Crippen LogP contribution in [-0.2, 0) is 18.4 Å². The van der Waals surface area contributed by atoms with Crippen molar-refractivity contribution in [2.24, 2.45) is 12.0 Å². The lowest BCUT2D eigenvalue weighted by Crippen LogP contribution is -2.55. The summed E-state index contributed by atoms with van der Waals surface area (Å²) in [7, 11) is 3.57. The summed E-state index contributed by atoms with van der Waals surface area (Å²) in [5, 5.41) is 7.51. The van der Waals surface area contributed by atoms with Crippen LogP contribution in [0.5, 0.6) is 11.5 Å². The molecule has 9 nitrogen and oxygen atoms in total. The third-order valence-electron chi connectivity index (χ3n) is 5.03. The zero-order valence-corrected chi connectivity index (χ0v) is 16.8. The van der Waals surface area contributed by atoms with Gasteiger partial charge in [0.15, 0.2) is 17.5 Å². The summed E-state index contributed by atoms with van der Waals surface area (Å²) in [5.41, 5.74) is 1.83. The van der Waals surface area contributed by atoms with Crippen LogP contribution in [0.4, 0.5) is 5.69 Å². The number of aryl methyl sites for hydroxylation is 1. The third kappa shape index (κ3) is 4.13. The number of benzene rings is 1. The number of carbonyl (C=O) groups is 1. The number of nitrogens with one attached hydrogen (secondary N) is 1. The highest BCUT2D eigenvalue weighted by Crippen LogP contribution is 2.33. The maximum atomic E-state index is 12.7. The fourth-order valence-corrected chi connectivity index (χ4v) is 3.57. The fourth-order valence-electron chi connectivity index (χ4n) is 3.57. The van der Waals surface area contributed by atoms with Crippen LogP contribution in [0, 0.1) is 0 Å². The number of ether oxygens (including phenoxy) is 2. The first kappa shape index (κ1) is 19.1. The molecule has 0 atom stereocenters. The number of aliphatic imine (C=N–C) groups is 1. The molecule has 4 rings (SSSR count). The molecule has 154 valence electrons. The Hall–Kier alpha value is -3.23. The third-order valence-corrected chi connectivity index (χ3v) is 5.03. The Morgan fingerprint density at radius 1 is 1.28 bits per heavy atom. The normalized spacial score (nSPS) is 17.3. The van der Waals surface area contributed by atoms with Gasteiger partial charge in [0.05, 0.1) is 25.1 Å².